The molecule has 3 heterocycles. The molecule has 1 saturated heterocycles. The minimum atomic E-state index is -0.506. The first-order chi connectivity index (χ1) is 14.1. The molecule has 0 radical (unpaired) electrons. The Morgan fingerprint density at radius 1 is 1.07 bits per heavy atom. The number of carbonyl (C=O) groups is 2. The highest BCUT2D eigenvalue weighted by atomic mass is 19.1. The van der Waals surface area contributed by atoms with Crippen molar-refractivity contribution in [3.05, 3.63) is 54.3 Å². The van der Waals surface area contributed by atoms with Gasteiger partial charge in [0.25, 0.3) is 5.91 Å². The number of anilines is 1. The van der Waals surface area contributed by atoms with E-state index in [1.165, 1.54) is 12.1 Å². The van der Waals surface area contributed by atoms with Crippen molar-refractivity contribution < 1.29 is 18.7 Å². The van der Waals surface area contributed by atoms with Gasteiger partial charge in [0.15, 0.2) is 18.2 Å². The van der Waals surface area contributed by atoms with Gasteiger partial charge in [0.05, 0.1) is 17.0 Å². The van der Waals surface area contributed by atoms with E-state index in [1.807, 2.05) is 24.3 Å². The number of amides is 2. The summed E-state index contributed by atoms with van der Waals surface area (Å²) >= 11 is 0. The molecule has 8 heteroatoms. The monoisotopic (exact) mass is 394 g/mol. The third kappa shape index (κ3) is 3.00. The third-order valence-corrected chi connectivity index (χ3v) is 5.46. The third-order valence-electron chi connectivity index (χ3n) is 5.46. The molecule has 1 aromatic heterocycles. The lowest BCUT2D eigenvalue weighted by Gasteiger charge is -2.39. The van der Waals surface area contributed by atoms with Crippen molar-refractivity contribution in [3.8, 4) is 5.75 Å². The number of benzene rings is 2. The van der Waals surface area contributed by atoms with Crippen LogP contribution in [0.1, 0.15) is 0 Å². The van der Waals surface area contributed by atoms with Gasteiger partial charge in [0, 0.05) is 26.2 Å². The van der Waals surface area contributed by atoms with E-state index in [0.717, 1.165) is 11.0 Å². The zero-order chi connectivity index (χ0) is 20.0. The molecule has 0 bridgehead atoms. The maximum atomic E-state index is 13.6. The second kappa shape index (κ2) is 6.88. The maximum Gasteiger partial charge on any atom is 0.260 e. The maximum absolute atomic E-state index is 13.6. The number of nitrogens with zero attached hydrogens (tertiary/aromatic N) is 4. The Kier molecular flexibility index (Phi) is 4.19. The van der Waals surface area contributed by atoms with Crippen LogP contribution in [0.3, 0.4) is 0 Å². The molecule has 2 aliphatic rings. The summed E-state index contributed by atoms with van der Waals surface area (Å²) in [6.45, 7) is 1.74. The normalized spacial score (nSPS) is 16.0. The average molecular weight is 394 g/mol. The van der Waals surface area contributed by atoms with Gasteiger partial charge < -0.3 is 14.2 Å². The van der Waals surface area contributed by atoms with Crippen LogP contribution in [0.2, 0.25) is 0 Å². The van der Waals surface area contributed by atoms with E-state index in [1.54, 1.807) is 21.9 Å². The fraction of sp³-hybridized carbons (Fsp3) is 0.286. The summed E-state index contributed by atoms with van der Waals surface area (Å²) < 4.78 is 20.9. The van der Waals surface area contributed by atoms with Gasteiger partial charge in [-0.05, 0) is 24.3 Å². The lowest BCUT2D eigenvalue weighted by molar-refractivity contribution is -0.143. The molecule has 7 nitrogen and oxygen atoms in total. The standard InChI is InChI=1S/C21H19FN4O3/c22-15-5-1-4-8-18(15)29-13-19(27)24-11-14(12-24)20(28)26-10-9-25-17-7-3-2-6-16(17)23-21(25)26/h1-8,14H,9-13H2. The van der Waals surface area contributed by atoms with Crippen molar-refractivity contribution in [2.75, 3.05) is 31.1 Å². The van der Waals surface area contributed by atoms with Gasteiger partial charge in [-0.25, -0.2) is 9.37 Å². The van der Waals surface area contributed by atoms with Gasteiger partial charge in [-0.15, -0.1) is 0 Å². The number of ether oxygens (including phenoxy) is 1. The fourth-order valence-corrected chi connectivity index (χ4v) is 3.85. The summed E-state index contributed by atoms with van der Waals surface area (Å²) in [5.41, 5.74) is 1.89. The fourth-order valence-electron chi connectivity index (χ4n) is 3.85. The highest BCUT2D eigenvalue weighted by molar-refractivity contribution is 5.98. The van der Waals surface area contributed by atoms with E-state index >= 15 is 0 Å². The summed E-state index contributed by atoms with van der Waals surface area (Å²) in [6.07, 6.45) is 0. The number of hydrogen-bond donors (Lipinski definition) is 0. The Morgan fingerprint density at radius 2 is 1.83 bits per heavy atom. The highest BCUT2D eigenvalue weighted by Crippen LogP contribution is 2.30. The van der Waals surface area contributed by atoms with E-state index in [-0.39, 0.29) is 30.1 Å². The van der Waals surface area contributed by atoms with Crippen molar-refractivity contribution in [1.82, 2.24) is 14.5 Å². The van der Waals surface area contributed by atoms with Crippen molar-refractivity contribution in [2.45, 2.75) is 6.54 Å². The Balaban J connectivity index is 1.19. The first-order valence-electron chi connectivity index (χ1n) is 9.53. The zero-order valence-corrected chi connectivity index (χ0v) is 15.6. The molecule has 2 aliphatic heterocycles. The van der Waals surface area contributed by atoms with Crippen LogP contribution in [0.15, 0.2) is 48.5 Å². The summed E-state index contributed by atoms with van der Waals surface area (Å²) in [5.74, 6) is -0.314. The van der Waals surface area contributed by atoms with Crippen LogP contribution in [0.5, 0.6) is 5.75 Å². The predicted molar refractivity (Wildman–Crippen MR) is 104 cm³/mol. The Labute approximate surface area is 166 Å². The van der Waals surface area contributed by atoms with E-state index < -0.39 is 5.82 Å². The number of aromatic nitrogens is 2. The second-order valence-corrected chi connectivity index (χ2v) is 7.26. The lowest BCUT2D eigenvalue weighted by Crippen LogP contribution is -2.57. The number of halogens is 1. The Bertz CT molecular complexity index is 1110. The number of likely N-dealkylation sites (tertiary alicyclic amines) is 1. The van der Waals surface area contributed by atoms with E-state index in [9.17, 15) is 14.0 Å². The molecule has 2 aromatic carbocycles. The molecule has 0 aliphatic carbocycles. The molecule has 148 valence electrons. The number of para-hydroxylation sites is 3. The SMILES string of the molecule is O=C(COc1ccccc1F)N1CC(C(=O)N2CCn3c2nc2ccccc23)C1. The summed E-state index contributed by atoms with van der Waals surface area (Å²) in [5, 5.41) is 0. The van der Waals surface area contributed by atoms with Gasteiger partial charge in [0.1, 0.15) is 0 Å². The predicted octanol–water partition coefficient (Wildman–Crippen LogP) is 2.06. The van der Waals surface area contributed by atoms with Gasteiger partial charge in [-0.3, -0.25) is 14.5 Å². The summed E-state index contributed by atoms with van der Waals surface area (Å²) in [6, 6.07) is 13.8. The number of carbonyl (C=O) groups excluding carboxylic acids is 2. The van der Waals surface area contributed by atoms with Crippen LogP contribution >= 0.6 is 0 Å². The van der Waals surface area contributed by atoms with Gasteiger partial charge in [-0.2, -0.15) is 0 Å². The molecule has 2 amide bonds. The van der Waals surface area contributed by atoms with Crippen LogP contribution in [0.4, 0.5) is 10.3 Å². The molecule has 0 atom stereocenters. The molecular formula is C21H19FN4O3. The minimum Gasteiger partial charge on any atom is -0.481 e. The lowest BCUT2D eigenvalue weighted by atomic mass is 9.98. The zero-order valence-electron chi connectivity index (χ0n) is 15.6. The number of fused-ring (bicyclic) bond motifs is 3. The van der Waals surface area contributed by atoms with Gasteiger partial charge in [0.2, 0.25) is 11.9 Å². The van der Waals surface area contributed by atoms with Crippen molar-refractivity contribution in [3.63, 3.8) is 0 Å². The van der Waals surface area contributed by atoms with Crippen molar-refractivity contribution >= 4 is 28.8 Å². The van der Waals surface area contributed by atoms with E-state index in [2.05, 4.69) is 9.55 Å². The van der Waals surface area contributed by atoms with Crippen LogP contribution < -0.4 is 9.64 Å². The van der Waals surface area contributed by atoms with E-state index in [4.69, 9.17) is 4.74 Å². The highest BCUT2D eigenvalue weighted by Gasteiger charge is 2.40. The number of rotatable bonds is 4. The molecular weight excluding hydrogens is 375 g/mol. The second-order valence-electron chi connectivity index (χ2n) is 7.26. The van der Waals surface area contributed by atoms with Crippen LogP contribution in [-0.4, -0.2) is 52.5 Å². The molecule has 0 N–H and O–H groups in total. The molecule has 1 fully saturated rings. The first kappa shape index (κ1) is 17.7. The summed E-state index contributed by atoms with van der Waals surface area (Å²) in [4.78, 5) is 33.0. The van der Waals surface area contributed by atoms with Crippen molar-refractivity contribution in [1.29, 1.82) is 0 Å². The Morgan fingerprint density at radius 3 is 2.66 bits per heavy atom. The number of hydrogen-bond acceptors (Lipinski definition) is 4. The van der Waals surface area contributed by atoms with Crippen molar-refractivity contribution in [2.24, 2.45) is 5.92 Å². The quantitative estimate of drug-likeness (QED) is 0.679. The minimum absolute atomic E-state index is 0.0156. The number of imidazole rings is 1. The molecule has 0 spiro atoms. The molecule has 0 saturated carbocycles. The van der Waals surface area contributed by atoms with E-state index in [0.29, 0.717) is 32.1 Å². The molecule has 3 aromatic rings. The van der Waals surface area contributed by atoms with Crippen LogP contribution in [0, 0.1) is 11.7 Å². The van der Waals surface area contributed by atoms with Crippen LogP contribution in [0.25, 0.3) is 11.0 Å². The smallest absolute Gasteiger partial charge is 0.260 e. The Hall–Kier alpha value is -3.42. The van der Waals surface area contributed by atoms with Gasteiger partial charge >= 0.3 is 0 Å². The topological polar surface area (TPSA) is 67.7 Å². The molecule has 0 unspecified atom stereocenters. The largest absolute Gasteiger partial charge is 0.481 e. The molecule has 29 heavy (non-hydrogen) atoms. The van der Waals surface area contributed by atoms with Crippen LogP contribution in [-0.2, 0) is 16.1 Å². The molecule has 5 rings (SSSR count). The summed E-state index contributed by atoms with van der Waals surface area (Å²) in [7, 11) is 0. The average Bonchev–Trinajstić information content (AvgIpc) is 3.25. The first-order valence-corrected chi connectivity index (χ1v) is 9.53. The van der Waals surface area contributed by atoms with Gasteiger partial charge in [-0.1, -0.05) is 24.3 Å².